The third-order valence-corrected chi connectivity index (χ3v) is 3.79. The Balaban J connectivity index is 2.16. The Morgan fingerprint density at radius 2 is 2.25 bits per heavy atom. The van der Waals surface area contributed by atoms with Gasteiger partial charge in [0.05, 0.1) is 10.5 Å². The van der Waals surface area contributed by atoms with Gasteiger partial charge in [0, 0.05) is 18.3 Å². The van der Waals surface area contributed by atoms with Crippen LogP contribution in [0.4, 0.5) is 11.5 Å². The Kier molecular flexibility index (Phi) is 4.51. The summed E-state index contributed by atoms with van der Waals surface area (Å²) in [6.07, 6.45) is 6.84. The standard InChI is InChI=1S/C14H18N4O2/c1-10-3-2-4-12(6-5-10)17-14-13(18(19)20)7-11(8-15)9-16-14/h7,9-10,12H,2-6H2,1H3,(H,16,17). The molecular formula is C14H18N4O2. The quantitative estimate of drug-likeness (QED) is 0.519. The van der Waals surface area contributed by atoms with E-state index >= 15 is 0 Å². The van der Waals surface area contributed by atoms with Gasteiger partial charge in [0.25, 0.3) is 0 Å². The summed E-state index contributed by atoms with van der Waals surface area (Å²) in [6.45, 7) is 2.24. The van der Waals surface area contributed by atoms with Crippen LogP contribution in [0.2, 0.25) is 0 Å². The fourth-order valence-corrected chi connectivity index (χ4v) is 2.59. The molecule has 1 aromatic heterocycles. The second-order valence-corrected chi connectivity index (χ2v) is 5.42. The van der Waals surface area contributed by atoms with Crippen LogP contribution >= 0.6 is 0 Å². The highest BCUT2D eigenvalue weighted by atomic mass is 16.6. The first kappa shape index (κ1) is 14.3. The lowest BCUT2D eigenvalue weighted by atomic mass is 10.0. The normalized spacial score (nSPS) is 22.6. The SMILES string of the molecule is CC1CCCC(Nc2ncc(C#N)cc2[N+](=O)[O-])CC1. The van der Waals surface area contributed by atoms with Crippen molar-refractivity contribution in [2.75, 3.05) is 5.32 Å². The summed E-state index contributed by atoms with van der Waals surface area (Å²) in [6, 6.07) is 3.37. The van der Waals surface area contributed by atoms with Crippen molar-refractivity contribution < 1.29 is 4.92 Å². The minimum Gasteiger partial charge on any atom is -0.362 e. The van der Waals surface area contributed by atoms with Crippen LogP contribution in [-0.2, 0) is 0 Å². The lowest BCUT2D eigenvalue weighted by molar-refractivity contribution is -0.384. The molecule has 1 aliphatic carbocycles. The number of nitriles is 1. The molecule has 1 aliphatic rings. The number of nitro groups is 1. The van der Waals surface area contributed by atoms with E-state index in [2.05, 4.69) is 17.2 Å². The van der Waals surface area contributed by atoms with Gasteiger partial charge in [-0.05, 0) is 25.2 Å². The minimum atomic E-state index is -0.491. The average Bonchev–Trinajstić information content (AvgIpc) is 2.64. The lowest BCUT2D eigenvalue weighted by Gasteiger charge is -2.16. The second kappa shape index (κ2) is 6.33. The van der Waals surface area contributed by atoms with Crippen molar-refractivity contribution in [1.82, 2.24) is 4.98 Å². The summed E-state index contributed by atoms with van der Waals surface area (Å²) >= 11 is 0. The molecule has 2 rings (SSSR count). The van der Waals surface area contributed by atoms with Gasteiger partial charge in [-0.1, -0.05) is 19.8 Å². The van der Waals surface area contributed by atoms with Gasteiger partial charge in [-0.25, -0.2) is 4.98 Å². The molecule has 1 saturated carbocycles. The molecule has 1 fully saturated rings. The van der Waals surface area contributed by atoms with E-state index in [1.54, 1.807) is 0 Å². The monoisotopic (exact) mass is 274 g/mol. The Hall–Kier alpha value is -2.16. The number of aromatic nitrogens is 1. The molecule has 0 saturated heterocycles. The Morgan fingerprint density at radius 1 is 1.45 bits per heavy atom. The van der Waals surface area contributed by atoms with Gasteiger partial charge in [0.15, 0.2) is 0 Å². The van der Waals surface area contributed by atoms with Gasteiger partial charge in [-0.3, -0.25) is 10.1 Å². The zero-order valence-electron chi connectivity index (χ0n) is 11.5. The molecule has 1 aromatic rings. The molecule has 1 heterocycles. The van der Waals surface area contributed by atoms with E-state index in [1.165, 1.54) is 18.7 Å². The molecule has 2 atom stereocenters. The van der Waals surface area contributed by atoms with E-state index in [0.29, 0.717) is 5.92 Å². The first-order valence-electron chi connectivity index (χ1n) is 6.91. The van der Waals surface area contributed by atoms with E-state index in [1.807, 2.05) is 6.07 Å². The maximum Gasteiger partial charge on any atom is 0.312 e. The average molecular weight is 274 g/mol. The third kappa shape index (κ3) is 3.44. The van der Waals surface area contributed by atoms with Crippen molar-refractivity contribution in [3.05, 3.63) is 27.9 Å². The molecule has 6 heteroatoms. The van der Waals surface area contributed by atoms with Crippen molar-refractivity contribution in [3.8, 4) is 6.07 Å². The number of rotatable bonds is 3. The number of pyridine rings is 1. The van der Waals surface area contributed by atoms with E-state index in [4.69, 9.17) is 5.26 Å². The number of hydrogen-bond acceptors (Lipinski definition) is 5. The fraction of sp³-hybridized carbons (Fsp3) is 0.571. The van der Waals surface area contributed by atoms with Crippen molar-refractivity contribution in [2.24, 2.45) is 5.92 Å². The summed E-state index contributed by atoms with van der Waals surface area (Å²) < 4.78 is 0. The molecule has 1 N–H and O–H groups in total. The lowest BCUT2D eigenvalue weighted by Crippen LogP contribution is -2.20. The van der Waals surface area contributed by atoms with Crippen molar-refractivity contribution in [1.29, 1.82) is 5.26 Å². The summed E-state index contributed by atoms with van der Waals surface area (Å²) in [5.74, 6) is 0.985. The van der Waals surface area contributed by atoms with Crippen LogP contribution < -0.4 is 5.32 Å². The number of anilines is 1. The summed E-state index contributed by atoms with van der Waals surface area (Å²) in [4.78, 5) is 14.6. The van der Waals surface area contributed by atoms with Crippen LogP contribution in [0.3, 0.4) is 0 Å². The molecule has 106 valence electrons. The van der Waals surface area contributed by atoms with Gasteiger partial charge < -0.3 is 5.32 Å². The maximum atomic E-state index is 11.1. The summed E-state index contributed by atoms with van der Waals surface area (Å²) in [5, 5.41) is 23.0. The van der Waals surface area contributed by atoms with E-state index in [0.717, 1.165) is 25.7 Å². The number of nitrogens with zero attached hydrogens (tertiary/aromatic N) is 3. The maximum absolute atomic E-state index is 11.1. The van der Waals surface area contributed by atoms with Gasteiger partial charge in [0.2, 0.25) is 5.82 Å². The van der Waals surface area contributed by atoms with Crippen molar-refractivity contribution in [2.45, 2.75) is 45.1 Å². The predicted octanol–water partition coefficient (Wildman–Crippen LogP) is 3.24. The van der Waals surface area contributed by atoms with Crippen molar-refractivity contribution in [3.63, 3.8) is 0 Å². The smallest absolute Gasteiger partial charge is 0.312 e. The summed E-state index contributed by atoms with van der Waals surface area (Å²) in [5.41, 5.74) is 0.0816. The highest BCUT2D eigenvalue weighted by Gasteiger charge is 2.21. The zero-order valence-corrected chi connectivity index (χ0v) is 11.5. The molecule has 0 spiro atoms. The number of hydrogen-bond donors (Lipinski definition) is 1. The predicted molar refractivity (Wildman–Crippen MR) is 75.3 cm³/mol. The molecule has 0 radical (unpaired) electrons. The van der Waals surface area contributed by atoms with Gasteiger partial charge in [0.1, 0.15) is 6.07 Å². The first-order chi connectivity index (χ1) is 9.60. The minimum absolute atomic E-state index is 0.124. The molecule has 0 aromatic carbocycles. The van der Waals surface area contributed by atoms with Crippen LogP contribution in [0.15, 0.2) is 12.3 Å². The molecule has 20 heavy (non-hydrogen) atoms. The molecule has 0 amide bonds. The van der Waals surface area contributed by atoms with Crippen molar-refractivity contribution >= 4 is 11.5 Å². The van der Waals surface area contributed by atoms with Crippen LogP contribution in [0.5, 0.6) is 0 Å². The molecule has 2 unspecified atom stereocenters. The van der Waals surface area contributed by atoms with Gasteiger partial charge in [-0.2, -0.15) is 5.26 Å². The third-order valence-electron chi connectivity index (χ3n) is 3.79. The number of nitrogens with one attached hydrogen (secondary N) is 1. The van der Waals surface area contributed by atoms with E-state index in [-0.39, 0.29) is 23.1 Å². The zero-order chi connectivity index (χ0) is 14.5. The molecule has 0 bridgehead atoms. The highest BCUT2D eigenvalue weighted by Crippen LogP contribution is 2.28. The first-order valence-corrected chi connectivity index (χ1v) is 6.91. The largest absolute Gasteiger partial charge is 0.362 e. The molecule has 6 nitrogen and oxygen atoms in total. The van der Waals surface area contributed by atoms with Crippen LogP contribution in [0.25, 0.3) is 0 Å². The Labute approximate surface area is 118 Å². The highest BCUT2D eigenvalue weighted by molar-refractivity contribution is 5.58. The van der Waals surface area contributed by atoms with Crippen LogP contribution in [0, 0.1) is 27.4 Å². The van der Waals surface area contributed by atoms with Crippen LogP contribution in [0.1, 0.15) is 44.6 Å². The van der Waals surface area contributed by atoms with E-state index < -0.39 is 4.92 Å². The second-order valence-electron chi connectivity index (χ2n) is 5.42. The van der Waals surface area contributed by atoms with Crippen LogP contribution in [-0.4, -0.2) is 15.9 Å². The molecule has 0 aliphatic heterocycles. The van der Waals surface area contributed by atoms with E-state index in [9.17, 15) is 10.1 Å². The fourth-order valence-electron chi connectivity index (χ4n) is 2.59. The summed E-state index contributed by atoms with van der Waals surface area (Å²) in [7, 11) is 0. The van der Waals surface area contributed by atoms with Gasteiger partial charge in [-0.15, -0.1) is 0 Å². The molecular weight excluding hydrogens is 256 g/mol. The topological polar surface area (TPSA) is 91.8 Å². The Bertz CT molecular complexity index is 538. The Morgan fingerprint density at radius 3 is 2.95 bits per heavy atom. The van der Waals surface area contributed by atoms with Gasteiger partial charge >= 0.3 is 5.69 Å².